The molecular formula is C18H16ClN3O3. The molecule has 3 aromatic rings. The van der Waals surface area contributed by atoms with Crippen molar-refractivity contribution in [1.82, 2.24) is 15.0 Å². The first kappa shape index (κ1) is 17.0. The third-order valence-corrected chi connectivity index (χ3v) is 3.76. The van der Waals surface area contributed by atoms with Gasteiger partial charge in [0.25, 0.3) is 0 Å². The van der Waals surface area contributed by atoms with E-state index in [1.54, 1.807) is 35.9 Å². The Morgan fingerprint density at radius 3 is 2.36 bits per heavy atom. The Labute approximate surface area is 149 Å². The van der Waals surface area contributed by atoms with Crippen LogP contribution in [0.3, 0.4) is 0 Å². The smallest absolute Gasteiger partial charge is 0.366 e. The largest absolute Gasteiger partial charge is 0.494 e. The summed E-state index contributed by atoms with van der Waals surface area (Å²) in [5.74, 6) is 0.591. The molecule has 0 spiro atoms. The van der Waals surface area contributed by atoms with Crippen molar-refractivity contribution in [1.29, 1.82) is 0 Å². The number of carbonyl (C=O) groups excluding carboxylic acids is 1. The Kier molecular flexibility index (Phi) is 5.00. The second-order valence-electron chi connectivity index (χ2n) is 5.21. The number of carbonyl (C=O) groups is 1. The average Bonchev–Trinajstić information content (AvgIpc) is 2.99. The van der Waals surface area contributed by atoms with Gasteiger partial charge in [0.15, 0.2) is 5.69 Å². The second kappa shape index (κ2) is 7.36. The van der Waals surface area contributed by atoms with Crippen LogP contribution in [0.15, 0.2) is 48.5 Å². The summed E-state index contributed by atoms with van der Waals surface area (Å²) in [6.07, 6.45) is 0. The van der Waals surface area contributed by atoms with E-state index in [2.05, 4.69) is 10.3 Å². The van der Waals surface area contributed by atoms with E-state index in [1.807, 2.05) is 31.2 Å². The number of esters is 1. The van der Waals surface area contributed by atoms with Crippen LogP contribution in [0.5, 0.6) is 11.5 Å². The molecule has 0 radical (unpaired) electrons. The molecule has 0 fully saturated rings. The topological polar surface area (TPSA) is 66.2 Å². The minimum atomic E-state index is -0.572. The predicted octanol–water partition coefficient (Wildman–Crippen LogP) is 3.85. The van der Waals surface area contributed by atoms with E-state index in [0.29, 0.717) is 23.1 Å². The van der Waals surface area contributed by atoms with Gasteiger partial charge in [-0.2, -0.15) is 0 Å². The maximum Gasteiger partial charge on any atom is 0.366 e. The van der Waals surface area contributed by atoms with Gasteiger partial charge in [-0.05, 0) is 62.4 Å². The maximum atomic E-state index is 12.3. The van der Waals surface area contributed by atoms with Crippen molar-refractivity contribution in [2.45, 2.75) is 13.8 Å². The highest BCUT2D eigenvalue weighted by Crippen LogP contribution is 2.19. The molecule has 0 aliphatic rings. The fourth-order valence-electron chi connectivity index (χ4n) is 2.27. The van der Waals surface area contributed by atoms with E-state index >= 15 is 0 Å². The van der Waals surface area contributed by atoms with Crippen LogP contribution in [-0.4, -0.2) is 27.6 Å². The third-order valence-electron chi connectivity index (χ3n) is 3.50. The molecule has 25 heavy (non-hydrogen) atoms. The van der Waals surface area contributed by atoms with Crippen LogP contribution in [-0.2, 0) is 0 Å². The molecule has 0 unspecified atom stereocenters. The highest BCUT2D eigenvalue weighted by atomic mass is 35.5. The fraction of sp³-hybridized carbons (Fsp3) is 0.167. The van der Waals surface area contributed by atoms with E-state index < -0.39 is 5.97 Å². The second-order valence-corrected chi connectivity index (χ2v) is 5.64. The standard InChI is InChI=1S/C18H16ClN3O3/c1-3-24-15-10-6-14(7-11-15)22-12(2)17(20-21-22)18(23)25-16-8-4-13(19)5-9-16/h4-11H,3H2,1-2H3. The number of aromatic nitrogens is 3. The summed E-state index contributed by atoms with van der Waals surface area (Å²) < 4.78 is 12.3. The summed E-state index contributed by atoms with van der Waals surface area (Å²) in [5, 5.41) is 8.56. The molecule has 128 valence electrons. The predicted molar refractivity (Wildman–Crippen MR) is 93.7 cm³/mol. The van der Waals surface area contributed by atoms with Gasteiger partial charge in [0.1, 0.15) is 11.5 Å². The molecule has 1 aromatic heterocycles. The minimum Gasteiger partial charge on any atom is -0.494 e. The Hall–Kier alpha value is -2.86. The summed E-state index contributed by atoms with van der Waals surface area (Å²) in [4.78, 5) is 12.3. The zero-order chi connectivity index (χ0) is 17.8. The van der Waals surface area contributed by atoms with Crippen LogP contribution in [0.2, 0.25) is 5.02 Å². The van der Waals surface area contributed by atoms with Crippen molar-refractivity contribution in [3.63, 3.8) is 0 Å². The van der Waals surface area contributed by atoms with Gasteiger partial charge < -0.3 is 9.47 Å². The monoisotopic (exact) mass is 357 g/mol. The van der Waals surface area contributed by atoms with Gasteiger partial charge in [-0.3, -0.25) is 0 Å². The van der Waals surface area contributed by atoms with Crippen molar-refractivity contribution < 1.29 is 14.3 Å². The molecule has 0 aliphatic carbocycles. The number of rotatable bonds is 5. The molecule has 0 saturated heterocycles. The number of hydrogen-bond donors (Lipinski definition) is 0. The molecule has 0 saturated carbocycles. The van der Waals surface area contributed by atoms with Crippen LogP contribution in [0, 0.1) is 6.92 Å². The van der Waals surface area contributed by atoms with Crippen molar-refractivity contribution >= 4 is 17.6 Å². The molecule has 0 bridgehead atoms. The molecule has 2 aromatic carbocycles. The van der Waals surface area contributed by atoms with Gasteiger partial charge in [0, 0.05) is 5.02 Å². The number of ether oxygens (including phenoxy) is 2. The van der Waals surface area contributed by atoms with Crippen LogP contribution in [0.4, 0.5) is 0 Å². The summed E-state index contributed by atoms with van der Waals surface area (Å²) in [5.41, 5.74) is 1.52. The van der Waals surface area contributed by atoms with E-state index in [4.69, 9.17) is 21.1 Å². The van der Waals surface area contributed by atoms with Crippen molar-refractivity contribution in [3.8, 4) is 17.2 Å². The quantitative estimate of drug-likeness (QED) is 0.512. The first-order valence-electron chi connectivity index (χ1n) is 7.71. The Balaban J connectivity index is 1.80. The van der Waals surface area contributed by atoms with Crippen molar-refractivity contribution in [2.75, 3.05) is 6.61 Å². The highest BCUT2D eigenvalue weighted by molar-refractivity contribution is 6.30. The summed E-state index contributed by atoms with van der Waals surface area (Å²) in [6.45, 7) is 4.28. The SMILES string of the molecule is CCOc1ccc(-n2nnc(C(=O)Oc3ccc(Cl)cc3)c2C)cc1. The van der Waals surface area contributed by atoms with Crippen molar-refractivity contribution in [3.05, 3.63) is 64.9 Å². The molecule has 0 amide bonds. The first-order valence-corrected chi connectivity index (χ1v) is 8.09. The lowest BCUT2D eigenvalue weighted by molar-refractivity contribution is 0.0727. The fourth-order valence-corrected chi connectivity index (χ4v) is 2.40. The van der Waals surface area contributed by atoms with Gasteiger partial charge in [-0.15, -0.1) is 5.10 Å². The zero-order valence-electron chi connectivity index (χ0n) is 13.8. The summed E-state index contributed by atoms with van der Waals surface area (Å²) in [6, 6.07) is 13.9. The number of nitrogens with zero attached hydrogens (tertiary/aromatic N) is 3. The van der Waals surface area contributed by atoms with Gasteiger partial charge in [0.2, 0.25) is 0 Å². The molecule has 1 heterocycles. The summed E-state index contributed by atoms with van der Waals surface area (Å²) >= 11 is 5.82. The van der Waals surface area contributed by atoms with Gasteiger partial charge in [0.05, 0.1) is 18.0 Å². The van der Waals surface area contributed by atoms with E-state index in [-0.39, 0.29) is 5.69 Å². The van der Waals surface area contributed by atoms with Crippen molar-refractivity contribution in [2.24, 2.45) is 0 Å². The van der Waals surface area contributed by atoms with Crippen LogP contribution in [0.1, 0.15) is 23.1 Å². The van der Waals surface area contributed by atoms with Gasteiger partial charge >= 0.3 is 5.97 Å². The lowest BCUT2D eigenvalue weighted by Crippen LogP contribution is -2.11. The average molecular weight is 358 g/mol. The third kappa shape index (κ3) is 3.80. The van der Waals surface area contributed by atoms with E-state index in [1.165, 1.54) is 0 Å². The van der Waals surface area contributed by atoms with Crippen LogP contribution >= 0.6 is 11.6 Å². The minimum absolute atomic E-state index is 0.156. The van der Waals surface area contributed by atoms with E-state index in [9.17, 15) is 4.79 Å². The Morgan fingerprint density at radius 2 is 1.72 bits per heavy atom. The van der Waals surface area contributed by atoms with E-state index in [0.717, 1.165) is 11.4 Å². The first-order chi connectivity index (χ1) is 12.1. The molecule has 7 heteroatoms. The normalized spacial score (nSPS) is 10.5. The molecule has 3 rings (SSSR count). The zero-order valence-corrected chi connectivity index (χ0v) is 14.5. The molecule has 0 aliphatic heterocycles. The van der Waals surface area contributed by atoms with Gasteiger partial charge in [-0.1, -0.05) is 16.8 Å². The van der Waals surface area contributed by atoms with Crippen LogP contribution in [0.25, 0.3) is 5.69 Å². The molecule has 0 N–H and O–H groups in total. The molecule has 0 atom stereocenters. The number of halogens is 1. The Bertz CT molecular complexity index is 874. The highest BCUT2D eigenvalue weighted by Gasteiger charge is 2.19. The molecule has 6 nitrogen and oxygen atoms in total. The lowest BCUT2D eigenvalue weighted by Gasteiger charge is -2.06. The number of hydrogen-bond acceptors (Lipinski definition) is 5. The van der Waals surface area contributed by atoms with Gasteiger partial charge in [-0.25, -0.2) is 9.48 Å². The van der Waals surface area contributed by atoms with Crippen LogP contribution < -0.4 is 9.47 Å². The lowest BCUT2D eigenvalue weighted by atomic mass is 10.3. The summed E-state index contributed by atoms with van der Waals surface area (Å²) in [7, 11) is 0. The molecular weight excluding hydrogens is 342 g/mol. The maximum absolute atomic E-state index is 12.3. The Morgan fingerprint density at radius 1 is 1.08 bits per heavy atom. The number of benzene rings is 2.